The summed E-state index contributed by atoms with van der Waals surface area (Å²) in [5.74, 6) is 0.956. The van der Waals surface area contributed by atoms with Crippen LogP contribution in [0.5, 0.6) is 0 Å². The van der Waals surface area contributed by atoms with Gasteiger partial charge < -0.3 is 5.11 Å². The number of aryl methyl sites for hydroxylation is 2. The van der Waals surface area contributed by atoms with Gasteiger partial charge in [0.15, 0.2) is 5.82 Å². The van der Waals surface area contributed by atoms with Crippen LogP contribution in [-0.4, -0.2) is 25.8 Å². The van der Waals surface area contributed by atoms with Crippen LogP contribution in [0.2, 0.25) is 0 Å². The lowest BCUT2D eigenvalue weighted by atomic mass is 9.98. The normalized spacial score (nSPS) is 10.9. The summed E-state index contributed by atoms with van der Waals surface area (Å²) in [4.78, 5) is 16.1. The van der Waals surface area contributed by atoms with E-state index in [2.05, 4.69) is 23.9 Å². The van der Waals surface area contributed by atoms with Crippen molar-refractivity contribution in [3.8, 4) is 11.1 Å². The predicted octanol–water partition coefficient (Wildman–Crippen LogP) is 4.60. The van der Waals surface area contributed by atoms with Crippen molar-refractivity contribution in [1.29, 1.82) is 0 Å². The second-order valence-corrected chi connectivity index (χ2v) is 6.60. The number of aromatic carboxylic acids is 1. The fourth-order valence-electron chi connectivity index (χ4n) is 3.10. The van der Waals surface area contributed by atoms with Crippen LogP contribution in [0.4, 0.5) is 0 Å². The number of carboxylic acid groups (broad SMARTS) is 1. The zero-order valence-corrected chi connectivity index (χ0v) is 15.9. The molecule has 0 fully saturated rings. The molecule has 0 amide bonds. The average Bonchev–Trinajstić information content (AvgIpc) is 3.08. The number of unbranched alkanes of at least 4 members (excludes halogenated alkanes) is 1. The largest absolute Gasteiger partial charge is 0.478 e. The summed E-state index contributed by atoms with van der Waals surface area (Å²) in [5, 5.41) is 14.0. The summed E-state index contributed by atoms with van der Waals surface area (Å²) in [7, 11) is 0. The number of carboxylic acids is 1. The van der Waals surface area contributed by atoms with E-state index < -0.39 is 5.97 Å². The van der Waals surface area contributed by atoms with Crippen molar-refractivity contribution in [3.63, 3.8) is 0 Å². The smallest absolute Gasteiger partial charge is 0.336 e. The maximum Gasteiger partial charge on any atom is 0.336 e. The molecule has 3 rings (SSSR count). The first kappa shape index (κ1) is 18.8. The number of hydrogen-bond acceptors (Lipinski definition) is 3. The Morgan fingerprint density at radius 1 is 1.07 bits per heavy atom. The number of nitrogens with zero attached hydrogens (tertiary/aromatic N) is 3. The zero-order valence-electron chi connectivity index (χ0n) is 15.9. The minimum Gasteiger partial charge on any atom is -0.478 e. The van der Waals surface area contributed by atoms with Gasteiger partial charge in [-0.05, 0) is 29.2 Å². The van der Waals surface area contributed by atoms with E-state index in [9.17, 15) is 9.90 Å². The lowest BCUT2D eigenvalue weighted by Crippen LogP contribution is -2.06. The standard InChI is InChI=1S/C22H25N3O2/c1-3-5-14-25-21(23-20(4-2)24-25)15-16-10-12-17(13-11-16)18-8-6-7-9-19(18)22(26)27/h6-13H,3-5,14-15H2,1-2H3,(H,26,27). The molecule has 2 aromatic carbocycles. The van der Waals surface area contributed by atoms with Crippen molar-refractivity contribution in [3.05, 3.63) is 71.3 Å². The Morgan fingerprint density at radius 3 is 2.48 bits per heavy atom. The molecule has 0 aliphatic heterocycles. The molecule has 0 aliphatic carbocycles. The minimum atomic E-state index is -0.911. The molecule has 3 aromatic rings. The summed E-state index contributed by atoms with van der Waals surface area (Å²) in [6.07, 6.45) is 3.76. The molecule has 1 aromatic heterocycles. The van der Waals surface area contributed by atoms with E-state index >= 15 is 0 Å². The van der Waals surface area contributed by atoms with E-state index in [1.54, 1.807) is 12.1 Å². The molecule has 0 unspecified atom stereocenters. The van der Waals surface area contributed by atoms with Gasteiger partial charge in [-0.15, -0.1) is 0 Å². The van der Waals surface area contributed by atoms with Gasteiger partial charge in [-0.2, -0.15) is 5.10 Å². The van der Waals surface area contributed by atoms with Crippen LogP contribution in [0.3, 0.4) is 0 Å². The first-order valence-electron chi connectivity index (χ1n) is 9.46. The monoisotopic (exact) mass is 363 g/mol. The summed E-state index contributed by atoms with van der Waals surface area (Å²) in [5.41, 5.74) is 3.09. The lowest BCUT2D eigenvalue weighted by Gasteiger charge is -2.08. The van der Waals surface area contributed by atoms with Gasteiger partial charge in [0, 0.05) is 19.4 Å². The van der Waals surface area contributed by atoms with Crippen LogP contribution in [0.1, 0.15) is 54.3 Å². The van der Waals surface area contributed by atoms with E-state index in [4.69, 9.17) is 0 Å². The van der Waals surface area contributed by atoms with Crippen molar-refractivity contribution < 1.29 is 9.90 Å². The van der Waals surface area contributed by atoms with E-state index in [1.807, 2.05) is 41.1 Å². The number of carbonyl (C=O) groups is 1. The molecule has 5 nitrogen and oxygen atoms in total. The number of rotatable bonds is 8. The second-order valence-electron chi connectivity index (χ2n) is 6.60. The molecule has 0 aliphatic rings. The Balaban J connectivity index is 1.83. The van der Waals surface area contributed by atoms with Crippen LogP contribution in [0.15, 0.2) is 48.5 Å². The molecule has 140 valence electrons. The second kappa shape index (κ2) is 8.62. The highest BCUT2D eigenvalue weighted by Crippen LogP contribution is 2.24. The maximum atomic E-state index is 11.4. The average molecular weight is 363 g/mol. The number of benzene rings is 2. The van der Waals surface area contributed by atoms with Gasteiger partial charge in [-0.3, -0.25) is 0 Å². The van der Waals surface area contributed by atoms with E-state index in [0.717, 1.165) is 60.6 Å². The van der Waals surface area contributed by atoms with Gasteiger partial charge in [0.2, 0.25) is 0 Å². The van der Waals surface area contributed by atoms with Crippen LogP contribution in [0, 0.1) is 0 Å². The van der Waals surface area contributed by atoms with Gasteiger partial charge >= 0.3 is 5.97 Å². The minimum absolute atomic E-state index is 0.317. The zero-order chi connectivity index (χ0) is 19.2. The fourth-order valence-corrected chi connectivity index (χ4v) is 3.10. The Labute approximate surface area is 159 Å². The Kier molecular flexibility index (Phi) is 6.01. The summed E-state index contributed by atoms with van der Waals surface area (Å²) in [6, 6.07) is 15.1. The van der Waals surface area contributed by atoms with Crippen molar-refractivity contribution in [1.82, 2.24) is 14.8 Å². The molecular formula is C22H25N3O2. The van der Waals surface area contributed by atoms with Crippen LogP contribution in [-0.2, 0) is 19.4 Å². The van der Waals surface area contributed by atoms with Crippen molar-refractivity contribution >= 4 is 5.97 Å². The third-order valence-electron chi connectivity index (χ3n) is 4.62. The molecular weight excluding hydrogens is 338 g/mol. The van der Waals surface area contributed by atoms with E-state index in [0.29, 0.717) is 5.56 Å². The molecule has 0 bridgehead atoms. The van der Waals surface area contributed by atoms with Crippen molar-refractivity contribution in [2.45, 2.75) is 46.1 Å². The third-order valence-corrected chi connectivity index (χ3v) is 4.62. The van der Waals surface area contributed by atoms with Crippen LogP contribution < -0.4 is 0 Å². The molecule has 0 spiro atoms. The summed E-state index contributed by atoms with van der Waals surface area (Å²) >= 11 is 0. The molecule has 1 heterocycles. The molecule has 0 saturated carbocycles. The first-order valence-corrected chi connectivity index (χ1v) is 9.46. The van der Waals surface area contributed by atoms with Crippen LogP contribution >= 0.6 is 0 Å². The Bertz CT molecular complexity index is 914. The predicted molar refractivity (Wildman–Crippen MR) is 106 cm³/mol. The van der Waals surface area contributed by atoms with Gasteiger partial charge in [0.1, 0.15) is 5.82 Å². The van der Waals surface area contributed by atoms with Gasteiger partial charge in [0.05, 0.1) is 5.56 Å². The molecule has 0 radical (unpaired) electrons. The molecule has 0 saturated heterocycles. The fraction of sp³-hybridized carbons (Fsp3) is 0.318. The number of aromatic nitrogens is 3. The SMILES string of the molecule is CCCCn1nc(CC)nc1Cc1ccc(-c2ccccc2C(=O)O)cc1. The van der Waals surface area contributed by atoms with Gasteiger partial charge in [-0.25, -0.2) is 14.5 Å². The molecule has 0 atom stereocenters. The van der Waals surface area contributed by atoms with E-state index in [1.165, 1.54) is 0 Å². The molecule has 5 heteroatoms. The maximum absolute atomic E-state index is 11.4. The van der Waals surface area contributed by atoms with Crippen LogP contribution in [0.25, 0.3) is 11.1 Å². The first-order chi connectivity index (χ1) is 13.1. The Hall–Kier alpha value is -2.95. The number of hydrogen-bond donors (Lipinski definition) is 1. The highest BCUT2D eigenvalue weighted by molar-refractivity contribution is 5.95. The Morgan fingerprint density at radius 2 is 1.81 bits per heavy atom. The molecule has 1 N–H and O–H groups in total. The summed E-state index contributed by atoms with van der Waals surface area (Å²) in [6.45, 7) is 5.13. The quantitative estimate of drug-likeness (QED) is 0.635. The third kappa shape index (κ3) is 4.42. The van der Waals surface area contributed by atoms with Crippen molar-refractivity contribution in [2.75, 3.05) is 0 Å². The van der Waals surface area contributed by atoms with E-state index in [-0.39, 0.29) is 0 Å². The van der Waals surface area contributed by atoms with Crippen molar-refractivity contribution in [2.24, 2.45) is 0 Å². The lowest BCUT2D eigenvalue weighted by molar-refractivity contribution is 0.0697. The summed E-state index contributed by atoms with van der Waals surface area (Å²) < 4.78 is 2.02. The highest BCUT2D eigenvalue weighted by Gasteiger charge is 2.12. The van der Waals surface area contributed by atoms with Gasteiger partial charge in [-0.1, -0.05) is 62.7 Å². The highest BCUT2D eigenvalue weighted by atomic mass is 16.4. The van der Waals surface area contributed by atoms with Gasteiger partial charge in [0.25, 0.3) is 0 Å². The topological polar surface area (TPSA) is 68.0 Å². The molecule has 27 heavy (non-hydrogen) atoms.